The maximum absolute atomic E-state index is 11.2. The minimum absolute atomic E-state index is 0.00994. The van der Waals surface area contributed by atoms with E-state index in [9.17, 15) is 4.79 Å². The number of nitrogens with one attached hydrogen (secondary N) is 1. The molecular weight excluding hydrogens is 260 g/mol. The fourth-order valence-electron chi connectivity index (χ4n) is 2.32. The molecule has 0 heterocycles. The maximum Gasteiger partial charge on any atom is 0.246 e. The van der Waals surface area contributed by atoms with Crippen LogP contribution < -0.4 is 5.32 Å². The number of carbonyl (C=O) groups is 1. The Morgan fingerprint density at radius 3 is 1.71 bits per heavy atom. The lowest BCUT2D eigenvalue weighted by Gasteiger charge is -2.08. The summed E-state index contributed by atoms with van der Waals surface area (Å²) in [6, 6.07) is 0. The average Bonchev–Trinajstić information content (AvgIpc) is 2.43. The lowest BCUT2D eigenvalue weighted by Crippen LogP contribution is -2.24. The maximum atomic E-state index is 11.2. The molecule has 0 aromatic rings. The molecule has 21 heavy (non-hydrogen) atoms. The summed E-state index contributed by atoms with van der Waals surface area (Å²) in [7, 11) is 4.29. The van der Waals surface area contributed by atoms with Crippen LogP contribution in [0.3, 0.4) is 0 Å². The molecule has 1 amide bonds. The second-order valence-electron chi connectivity index (χ2n) is 6.38. The molecule has 1 N–H and O–H groups in total. The first-order valence-corrected chi connectivity index (χ1v) is 8.62. The minimum atomic E-state index is -0.00994. The SMILES string of the molecule is C=C(C)C(=O)NCCCCCCCCCCCCN(C)C. The Labute approximate surface area is 132 Å². The number of carbonyl (C=O) groups excluding carboxylic acids is 1. The number of unbranched alkanes of at least 4 members (excludes halogenated alkanes) is 9. The van der Waals surface area contributed by atoms with Crippen LogP contribution in [0.1, 0.15) is 71.1 Å². The van der Waals surface area contributed by atoms with Gasteiger partial charge in [-0.1, -0.05) is 57.9 Å². The monoisotopic (exact) mass is 296 g/mol. The van der Waals surface area contributed by atoms with Gasteiger partial charge in [0.25, 0.3) is 0 Å². The third kappa shape index (κ3) is 15.4. The summed E-state index contributed by atoms with van der Waals surface area (Å²) in [5, 5.41) is 2.88. The molecule has 0 fully saturated rings. The second kappa shape index (κ2) is 14.1. The van der Waals surface area contributed by atoms with Crippen LogP contribution in [-0.4, -0.2) is 38.0 Å². The van der Waals surface area contributed by atoms with Gasteiger partial charge in [0.2, 0.25) is 5.91 Å². The molecule has 124 valence electrons. The van der Waals surface area contributed by atoms with Crippen molar-refractivity contribution in [2.24, 2.45) is 0 Å². The van der Waals surface area contributed by atoms with Gasteiger partial charge < -0.3 is 10.2 Å². The first-order chi connectivity index (χ1) is 10.0. The third-order valence-electron chi connectivity index (χ3n) is 3.71. The van der Waals surface area contributed by atoms with Gasteiger partial charge in [-0.3, -0.25) is 4.79 Å². The van der Waals surface area contributed by atoms with E-state index < -0.39 is 0 Å². The molecule has 0 aliphatic rings. The van der Waals surface area contributed by atoms with Crippen molar-refractivity contribution in [1.82, 2.24) is 10.2 Å². The van der Waals surface area contributed by atoms with E-state index in [1.165, 1.54) is 64.3 Å². The summed E-state index contributed by atoms with van der Waals surface area (Å²) in [5.41, 5.74) is 0.598. The zero-order chi connectivity index (χ0) is 15.9. The Morgan fingerprint density at radius 2 is 1.29 bits per heavy atom. The summed E-state index contributed by atoms with van der Waals surface area (Å²) in [6.45, 7) is 7.38. The average molecular weight is 296 g/mol. The fraction of sp³-hybridized carbons (Fsp3) is 0.833. The zero-order valence-electron chi connectivity index (χ0n) is 14.5. The predicted molar refractivity (Wildman–Crippen MR) is 92.5 cm³/mol. The van der Waals surface area contributed by atoms with Crippen molar-refractivity contribution in [2.75, 3.05) is 27.2 Å². The summed E-state index contributed by atoms with van der Waals surface area (Å²) >= 11 is 0. The van der Waals surface area contributed by atoms with Crippen LogP contribution in [0, 0.1) is 0 Å². The van der Waals surface area contributed by atoms with Gasteiger partial charge >= 0.3 is 0 Å². The fourth-order valence-corrected chi connectivity index (χ4v) is 2.32. The van der Waals surface area contributed by atoms with Crippen LogP contribution >= 0.6 is 0 Å². The first kappa shape index (κ1) is 20.2. The Kier molecular flexibility index (Phi) is 13.6. The quantitative estimate of drug-likeness (QED) is 0.386. The number of hydrogen-bond acceptors (Lipinski definition) is 2. The van der Waals surface area contributed by atoms with E-state index in [0.29, 0.717) is 5.57 Å². The van der Waals surface area contributed by atoms with Crippen LogP contribution in [0.4, 0.5) is 0 Å². The molecular formula is C18H36N2O. The largest absolute Gasteiger partial charge is 0.352 e. The second-order valence-corrected chi connectivity index (χ2v) is 6.38. The van der Waals surface area contributed by atoms with E-state index in [1.807, 2.05) is 0 Å². The normalized spacial score (nSPS) is 10.9. The highest BCUT2D eigenvalue weighted by Crippen LogP contribution is 2.10. The van der Waals surface area contributed by atoms with Gasteiger partial charge in [-0.15, -0.1) is 0 Å². The number of nitrogens with zero attached hydrogens (tertiary/aromatic N) is 1. The zero-order valence-corrected chi connectivity index (χ0v) is 14.5. The Bertz CT molecular complexity index is 274. The van der Waals surface area contributed by atoms with E-state index >= 15 is 0 Å². The van der Waals surface area contributed by atoms with Crippen molar-refractivity contribution in [3.63, 3.8) is 0 Å². The van der Waals surface area contributed by atoms with Crippen molar-refractivity contribution in [3.8, 4) is 0 Å². The first-order valence-electron chi connectivity index (χ1n) is 8.62. The molecule has 0 spiro atoms. The minimum Gasteiger partial charge on any atom is -0.352 e. The van der Waals surface area contributed by atoms with E-state index in [1.54, 1.807) is 6.92 Å². The van der Waals surface area contributed by atoms with E-state index in [0.717, 1.165) is 13.0 Å². The highest BCUT2D eigenvalue weighted by molar-refractivity contribution is 5.91. The van der Waals surface area contributed by atoms with Gasteiger partial charge in [0.15, 0.2) is 0 Å². The topological polar surface area (TPSA) is 32.3 Å². The summed E-state index contributed by atoms with van der Waals surface area (Å²) < 4.78 is 0. The van der Waals surface area contributed by atoms with Gasteiger partial charge in [0.1, 0.15) is 0 Å². The molecule has 0 aliphatic heterocycles. The molecule has 0 aliphatic carbocycles. The smallest absolute Gasteiger partial charge is 0.246 e. The van der Waals surface area contributed by atoms with Crippen LogP contribution in [0.15, 0.2) is 12.2 Å². The molecule has 0 rings (SSSR count). The van der Waals surface area contributed by atoms with Crippen molar-refractivity contribution in [3.05, 3.63) is 12.2 Å². The van der Waals surface area contributed by atoms with Crippen LogP contribution in [0.2, 0.25) is 0 Å². The Balaban J connectivity index is 3.09. The van der Waals surface area contributed by atoms with Crippen molar-refractivity contribution < 1.29 is 4.79 Å². The van der Waals surface area contributed by atoms with Crippen LogP contribution in [0.25, 0.3) is 0 Å². The summed E-state index contributed by atoms with van der Waals surface area (Å²) in [4.78, 5) is 13.5. The molecule has 3 heteroatoms. The highest BCUT2D eigenvalue weighted by Gasteiger charge is 1.99. The Hall–Kier alpha value is -0.830. The van der Waals surface area contributed by atoms with E-state index in [4.69, 9.17) is 0 Å². The van der Waals surface area contributed by atoms with Crippen molar-refractivity contribution in [2.45, 2.75) is 71.1 Å². The van der Waals surface area contributed by atoms with Crippen LogP contribution in [-0.2, 0) is 4.79 Å². The molecule has 0 atom stereocenters. The molecule has 0 saturated heterocycles. The molecule has 0 saturated carbocycles. The number of rotatable bonds is 14. The predicted octanol–water partition coefficient (Wildman–Crippen LogP) is 4.14. The van der Waals surface area contributed by atoms with Gasteiger partial charge in [-0.2, -0.15) is 0 Å². The summed E-state index contributed by atoms with van der Waals surface area (Å²) in [5.74, 6) is -0.00994. The number of amides is 1. The number of hydrogen-bond donors (Lipinski definition) is 1. The Morgan fingerprint density at radius 1 is 0.857 bits per heavy atom. The lowest BCUT2D eigenvalue weighted by molar-refractivity contribution is -0.117. The van der Waals surface area contributed by atoms with Crippen LogP contribution in [0.5, 0.6) is 0 Å². The molecule has 0 aromatic carbocycles. The molecule has 0 aromatic heterocycles. The lowest BCUT2D eigenvalue weighted by atomic mass is 10.1. The third-order valence-corrected chi connectivity index (χ3v) is 3.71. The van der Waals surface area contributed by atoms with Gasteiger partial charge in [0.05, 0.1) is 0 Å². The molecule has 0 unspecified atom stereocenters. The standard InChI is InChI=1S/C18H36N2O/c1-17(2)18(21)19-15-13-11-9-7-5-6-8-10-12-14-16-20(3)4/h1,5-16H2,2-4H3,(H,19,21). The van der Waals surface area contributed by atoms with E-state index in [-0.39, 0.29) is 5.91 Å². The van der Waals surface area contributed by atoms with Crippen molar-refractivity contribution in [1.29, 1.82) is 0 Å². The van der Waals surface area contributed by atoms with Gasteiger partial charge in [-0.05, 0) is 40.4 Å². The van der Waals surface area contributed by atoms with Gasteiger partial charge in [-0.25, -0.2) is 0 Å². The highest BCUT2D eigenvalue weighted by atomic mass is 16.1. The molecule has 0 bridgehead atoms. The van der Waals surface area contributed by atoms with Gasteiger partial charge in [0, 0.05) is 12.1 Å². The molecule has 0 radical (unpaired) electrons. The molecule has 3 nitrogen and oxygen atoms in total. The summed E-state index contributed by atoms with van der Waals surface area (Å²) in [6.07, 6.45) is 13.2. The van der Waals surface area contributed by atoms with E-state index in [2.05, 4.69) is 30.9 Å². The van der Waals surface area contributed by atoms with Crippen molar-refractivity contribution >= 4 is 5.91 Å².